The van der Waals surface area contributed by atoms with E-state index in [0.717, 1.165) is 50.5 Å². The number of amides is 1. The molecule has 0 bridgehead atoms. The third-order valence-corrected chi connectivity index (χ3v) is 6.11. The normalized spacial score (nSPS) is 31.3. The molecule has 6 heteroatoms. The summed E-state index contributed by atoms with van der Waals surface area (Å²) in [5.74, 6) is 1.08. The Kier molecular flexibility index (Phi) is 4.65. The molecule has 2 fully saturated rings. The predicted octanol–water partition coefficient (Wildman–Crippen LogP) is 2.22. The van der Waals surface area contributed by atoms with Gasteiger partial charge in [-0.2, -0.15) is 0 Å². The summed E-state index contributed by atoms with van der Waals surface area (Å²) in [6.07, 6.45) is 1.78. The molecule has 136 valence electrons. The van der Waals surface area contributed by atoms with E-state index in [0.29, 0.717) is 24.2 Å². The second-order valence-corrected chi connectivity index (χ2v) is 7.84. The second-order valence-electron chi connectivity index (χ2n) is 7.40. The van der Waals surface area contributed by atoms with Gasteiger partial charge >= 0.3 is 0 Å². The van der Waals surface area contributed by atoms with Crippen LogP contribution in [0.15, 0.2) is 18.2 Å². The van der Waals surface area contributed by atoms with Gasteiger partial charge in [0.2, 0.25) is 5.91 Å². The lowest BCUT2D eigenvalue weighted by Gasteiger charge is -2.33. The van der Waals surface area contributed by atoms with Crippen LogP contribution < -0.4 is 10.1 Å². The maximum Gasteiger partial charge on any atom is 0.224 e. The molecular weight excluding hydrogens is 340 g/mol. The van der Waals surface area contributed by atoms with Crippen molar-refractivity contribution in [3.05, 3.63) is 28.8 Å². The Morgan fingerprint density at radius 2 is 2.32 bits per heavy atom. The highest BCUT2D eigenvalue weighted by atomic mass is 35.5. The van der Waals surface area contributed by atoms with E-state index in [9.17, 15) is 4.79 Å². The van der Waals surface area contributed by atoms with Crippen LogP contribution in [-0.2, 0) is 14.9 Å². The quantitative estimate of drug-likeness (QED) is 0.890. The van der Waals surface area contributed by atoms with Crippen molar-refractivity contribution in [2.75, 3.05) is 39.5 Å². The number of hydrogen-bond donors (Lipinski definition) is 1. The SMILES string of the molecule is CC1COCCN1CCNC(=O)[C@@H]1C[C@]12CCOc1ccc(Cl)cc12. The number of rotatable bonds is 4. The van der Waals surface area contributed by atoms with Gasteiger partial charge in [-0.05, 0) is 38.0 Å². The minimum Gasteiger partial charge on any atom is -0.493 e. The molecule has 1 saturated heterocycles. The van der Waals surface area contributed by atoms with Gasteiger partial charge in [0, 0.05) is 47.6 Å². The third kappa shape index (κ3) is 3.25. The van der Waals surface area contributed by atoms with Crippen LogP contribution in [-0.4, -0.2) is 56.3 Å². The van der Waals surface area contributed by atoms with Crippen molar-refractivity contribution in [2.24, 2.45) is 5.92 Å². The van der Waals surface area contributed by atoms with Gasteiger partial charge in [-0.1, -0.05) is 11.6 Å². The minimum atomic E-state index is -0.0746. The predicted molar refractivity (Wildman–Crippen MR) is 96.2 cm³/mol. The molecule has 1 aromatic rings. The molecule has 2 aliphatic heterocycles. The largest absolute Gasteiger partial charge is 0.493 e. The van der Waals surface area contributed by atoms with E-state index >= 15 is 0 Å². The first-order valence-corrected chi connectivity index (χ1v) is 9.50. The van der Waals surface area contributed by atoms with Crippen LogP contribution in [0, 0.1) is 5.92 Å². The molecule has 1 aliphatic carbocycles. The summed E-state index contributed by atoms with van der Waals surface area (Å²) in [6, 6.07) is 6.16. The van der Waals surface area contributed by atoms with Gasteiger partial charge in [-0.3, -0.25) is 9.69 Å². The fourth-order valence-corrected chi connectivity index (χ4v) is 4.43. The Morgan fingerprint density at radius 3 is 3.16 bits per heavy atom. The van der Waals surface area contributed by atoms with Crippen molar-refractivity contribution in [3.8, 4) is 5.75 Å². The molecule has 1 aromatic carbocycles. The standard InChI is InChI=1S/C19H25ClN2O3/c1-13-12-24-9-7-22(13)6-5-21-18(23)16-11-19(16)4-8-25-17-3-2-14(20)10-15(17)19/h2-3,10,13,16H,4-9,11-12H2,1H3,(H,21,23)/t13?,16-,19-/m0/s1. The van der Waals surface area contributed by atoms with E-state index in [1.54, 1.807) is 0 Å². The lowest BCUT2D eigenvalue weighted by Crippen LogP contribution is -2.47. The van der Waals surface area contributed by atoms with Crippen molar-refractivity contribution >= 4 is 17.5 Å². The van der Waals surface area contributed by atoms with Gasteiger partial charge in [0.1, 0.15) is 5.75 Å². The number of nitrogens with one attached hydrogen (secondary N) is 1. The average Bonchev–Trinajstić information content (AvgIpc) is 3.32. The van der Waals surface area contributed by atoms with Crippen LogP contribution in [0.4, 0.5) is 0 Å². The Labute approximate surface area is 153 Å². The lowest BCUT2D eigenvalue weighted by atomic mass is 9.87. The molecule has 4 rings (SSSR count). The van der Waals surface area contributed by atoms with E-state index in [4.69, 9.17) is 21.1 Å². The maximum atomic E-state index is 12.7. The van der Waals surface area contributed by atoms with Crippen LogP contribution in [0.25, 0.3) is 0 Å². The molecule has 1 saturated carbocycles. The molecule has 0 aromatic heterocycles. The number of morpholine rings is 1. The third-order valence-electron chi connectivity index (χ3n) is 5.88. The Balaban J connectivity index is 1.35. The van der Waals surface area contributed by atoms with Crippen molar-refractivity contribution in [2.45, 2.75) is 31.2 Å². The zero-order chi connectivity index (χ0) is 17.4. The van der Waals surface area contributed by atoms with E-state index in [2.05, 4.69) is 17.1 Å². The van der Waals surface area contributed by atoms with Crippen LogP contribution in [0.5, 0.6) is 5.75 Å². The van der Waals surface area contributed by atoms with Gasteiger partial charge in [-0.15, -0.1) is 0 Å². The van der Waals surface area contributed by atoms with Gasteiger partial charge in [0.15, 0.2) is 0 Å². The van der Waals surface area contributed by atoms with Crippen LogP contribution >= 0.6 is 11.6 Å². The molecule has 1 N–H and O–H groups in total. The van der Waals surface area contributed by atoms with Crippen molar-refractivity contribution < 1.29 is 14.3 Å². The summed E-state index contributed by atoms with van der Waals surface area (Å²) < 4.78 is 11.2. The number of fused-ring (bicyclic) bond motifs is 2. The molecule has 3 aliphatic rings. The number of benzene rings is 1. The van der Waals surface area contributed by atoms with Gasteiger partial charge in [0.25, 0.3) is 0 Å². The highest BCUT2D eigenvalue weighted by Gasteiger charge is 2.61. The zero-order valence-electron chi connectivity index (χ0n) is 14.6. The minimum absolute atomic E-state index is 0.0377. The number of carbonyl (C=O) groups excluding carboxylic acids is 1. The molecular formula is C19H25ClN2O3. The van der Waals surface area contributed by atoms with E-state index in [1.165, 1.54) is 0 Å². The van der Waals surface area contributed by atoms with Crippen LogP contribution in [0.1, 0.15) is 25.3 Å². The summed E-state index contributed by atoms with van der Waals surface area (Å²) in [6.45, 7) is 6.89. The summed E-state index contributed by atoms with van der Waals surface area (Å²) in [5.41, 5.74) is 1.03. The highest BCUT2D eigenvalue weighted by molar-refractivity contribution is 6.30. The van der Waals surface area contributed by atoms with E-state index in [1.807, 2.05) is 18.2 Å². The lowest BCUT2D eigenvalue weighted by molar-refractivity contribution is -0.123. The van der Waals surface area contributed by atoms with E-state index in [-0.39, 0.29) is 17.2 Å². The Bertz CT molecular complexity index is 668. The van der Waals surface area contributed by atoms with Crippen LogP contribution in [0.2, 0.25) is 5.02 Å². The fourth-order valence-electron chi connectivity index (χ4n) is 4.26. The number of nitrogens with zero attached hydrogens (tertiary/aromatic N) is 1. The first kappa shape index (κ1) is 17.1. The maximum absolute atomic E-state index is 12.7. The summed E-state index contributed by atoms with van der Waals surface area (Å²) in [5, 5.41) is 3.84. The van der Waals surface area contributed by atoms with Gasteiger partial charge < -0.3 is 14.8 Å². The van der Waals surface area contributed by atoms with Crippen LogP contribution in [0.3, 0.4) is 0 Å². The molecule has 0 radical (unpaired) electrons. The average molecular weight is 365 g/mol. The fraction of sp³-hybridized carbons (Fsp3) is 0.632. The van der Waals surface area contributed by atoms with E-state index < -0.39 is 0 Å². The van der Waals surface area contributed by atoms with Gasteiger partial charge in [-0.25, -0.2) is 0 Å². The Hall–Kier alpha value is -1.30. The van der Waals surface area contributed by atoms with Crippen molar-refractivity contribution in [1.82, 2.24) is 10.2 Å². The topological polar surface area (TPSA) is 50.8 Å². The summed E-state index contributed by atoms with van der Waals surface area (Å²) in [4.78, 5) is 15.0. The molecule has 5 nitrogen and oxygen atoms in total. The number of halogens is 1. The summed E-state index contributed by atoms with van der Waals surface area (Å²) >= 11 is 6.17. The first-order chi connectivity index (χ1) is 12.1. The smallest absolute Gasteiger partial charge is 0.224 e. The number of hydrogen-bond acceptors (Lipinski definition) is 4. The van der Waals surface area contributed by atoms with Gasteiger partial charge in [0.05, 0.1) is 19.8 Å². The zero-order valence-corrected chi connectivity index (χ0v) is 15.3. The molecule has 1 spiro atoms. The summed E-state index contributed by atoms with van der Waals surface area (Å²) in [7, 11) is 0. The monoisotopic (exact) mass is 364 g/mol. The molecule has 2 heterocycles. The Morgan fingerprint density at radius 1 is 1.44 bits per heavy atom. The molecule has 3 atom stereocenters. The second kappa shape index (κ2) is 6.78. The number of carbonyl (C=O) groups is 1. The van der Waals surface area contributed by atoms with Crippen molar-refractivity contribution in [1.29, 1.82) is 0 Å². The first-order valence-electron chi connectivity index (χ1n) is 9.12. The molecule has 1 unspecified atom stereocenters. The molecule has 1 amide bonds. The molecule has 25 heavy (non-hydrogen) atoms. The highest BCUT2D eigenvalue weighted by Crippen LogP contribution is 2.61. The number of ether oxygens (including phenoxy) is 2. The van der Waals surface area contributed by atoms with Crippen molar-refractivity contribution in [3.63, 3.8) is 0 Å².